The number of rotatable bonds is 4. The van der Waals surface area contributed by atoms with Crippen LogP contribution in [0.1, 0.15) is 26.3 Å². The summed E-state index contributed by atoms with van der Waals surface area (Å²) in [5.41, 5.74) is 6.79. The number of hydrogen-bond donors (Lipinski definition) is 0. The molecule has 0 aliphatic rings. The lowest BCUT2D eigenvalue weighted by atomic mass is 9.86. The minimum absolute atomic E-state index is 0.135. The molecule has 0 N–H and O–H groups in total. The Hall–Kier alpha value is -5.67. The number of fused-ring (bicyclic) bond motifs is 3. The van der Waals surface area contributed by atoms with E-state index in [2.05, 4.69) is 166 Å². The fourth-order valence-corrected chi connectivity index (χ4v) is 6.15. The average molecular weight is 592 g/mol. The third-order valence-electron chi connectivity index (χ3n) is 8.83. The van der Waals surface area contributed by atoms with E-state index in [1.807, 2.05) is 0 Å². The van der Waals surface area contributed by atoms with Gasteiger partial charge in [0.15, 0.2) is 17.5 Å². The molecule has 46 heavy (non-hydrogen) atoms. The van der Waals surface area contributed by atoms with Gasteiger partial charge in [-0.2, -0.15) is 0 Å². The summed E-state index contributed by atoms with van der Waals surface area (Å²) in [6.07, 6.45) is 0. The van der Waals surface area contributed by atoms with Gasteiger partial charge in [0.1, 0.15) is 0 Å². The van der Waals surface area contributed by atoms with Crippen LogP contribution in [0.15, 0.2) is 146 Å². The minimum Gasteiger partial charge on any atom is -0.208 e. The van der Waals surface area contributed by atoms with Crippen LogP contribution in [-0.2, 0) is 5.41 Å². The second kappa shape index (κ2) is 11.0. The zero-order valence-corrected chi connectivity index (χ0v) is 26.2. The highest BCUT2D eigenvalue weighted by Gasteiger charge is 2.15. The Morgan fingerprint density at radius 1 is 0.326 bits per heavy atom. The molecular formula is C43H33N3. The maximum absolute atomic E-state index is 5.05. The summed E-state index contributed by atoms with van der Waals surface area (Å²) in [5.74, 6) is 1.98. The standard InChI is InChI=1S/C43H33N3/c1-43(2,3)39-22-20-30(21-23-39)33-14-15-35-27-38(19-16-34(35)24-33)42-45-40(36-17-12-28-8-4-6-10-31(28)25-36)44-41(46-42)37-18-13-29-9-5-7-11-32(29)26-37/h4-27H,1-3H3. The molecule has 0 atom stereocenters. The van der Waals surface area contributed by atoms with Gasteiger partial charge in [0.25, 0.3) is 0 Å². The van der Waals surface area contributed by atoms with Crippen molar-refractivity contribution in [3.05, 3.63) is 151 Å². The van der Waals surface area contributed by atoms with Crippen LogP contribution in [0, 0.1) is 0 Å². The summed E-state index contributed by atoms with van der Waals surface area (Å²) < 4.78 is 0. The van der Waals surface area contributed by atoms with Crippen molar-refractivity contribution in [1.82, 2.24) is 15.0 Å². The Morgan fingerprint density at radius 3 is 1.09 bits per heavy atom. The van der Waals surface area contributed by atoms with Crippen molar-refractivity contribution in [2.24, 2.45) is 0 Å². The molecule has 8 aromatic rings. The summed E-state index contributed by atoms with van der Waals surface area (Å²) in [5, 5.41) is 7.02. The molecule has 1 heterocycles. The normalized spacial score (nSPS) is 11.8. The summed E-state index contributed by atoms with van der Waals surface area (Å²) in [6, 6.07) is 51.6. The summed E-state index contributed by atoms with van der Waals surface area (Å²) in [7, 11) is 0. The van der Waals surface area contributed by atoms with Gasteiger partial charge in [-0.3, -0.25) is 0 Å². The highest BCUT2D eigenvalue weighted by atomic mass is 15.0. The first-order valence-corrected chi connectivity index (χ1v) is 15.8. The van der Waals surface area contributed by atoms with Crippen LogP contribution in [0.3, 0.4) is 0 Å². The van der Waals surface area contributed by atoms with Crippen LogP contribution in [0.5, 0.6) is 0 Å². The molecule has 3 heteroatoms. The molecule has 3 nitrogen and oxygen atoms in total. The van der Waals surface area contributed by atoms with Crippen LogP contribution in [-0.4, -0.2) is 15.0 Å². The third kappa shape index (κ3) is 5.31. The first-order valence-electron chi connectivity index (χ1n) is 15.8. The van der Waals surface area contributed by atoms with Crippen molar-refractivity contribution < 1.29 is 0 Å². The van der Waals surface area contributed by atoms with E-state index < -0.39 is 0 Å². The van der Waals surface area contributed by atoms with Crippen molar-refractivity contribution in [2.75, 3.05) is 0 Å². The summed E-state index contributed by atoms with van der Waals surface area (Å²) >= 11 is 0. The molecule has 7 aromatic carbocycles. The molecule has 8 rings (SSSR count). The van der Waals surface area contributed by atoms with Crippen LogP contribution >= 0.6 is 0 Å². The lowest BCUT2D eigenvalue weighted by Crippen LogP contribution is -2.10. The Kier molecular flexibility index (Phi) is 6.69. The quantitative estimate of drug-likeness (QED) is 0.204. The highest BCUT2D eigenvalue weighted by molar-refractivity contribution is 5.91. The molecule has 0 aliphatic carbocycles. The first-order chi connectivity index (χ1) is 22.4. The number of nitrogens with zero attached hydrogens (tertiary/aromatic N) is 3. The van der Waals surface area contributed by atoms with Gasteiger partial charge in [-0.1, -0.05) is 142 Å². The molecular weight excluding hydrogens is 558 g/mol. The van der Waals surface area contributed by atoms with Crippen molar-refractivity contribution in [3.63, 3.8) is 0 Å². The molecule has 1 aromatic heterocycles. The van der Waals surface area contributed by atoms with Gasteiger partial charge >= 0.3 is 0 Å². The van der Waals surface area contributed by atoms with Gasteiger partial charge in [-0.15, -0.1) is 0 Å². The van der Waals surface area contributed by atoms with E-state index in [9.17, 15) is 0 Å². The van der Waals surface area contributed by atoms with Gasteiger partial charge in [-0.25, -0.2) is 15.0 Å². The Labute approximate surface area is 269 Å². The van der Waals surface area contributed by atoms with Gasteiger partial charge in [0, 0.05) is 16.7 Å². The Bertz CT molecular complexity index is 2300. The largest absolute Gasteiger partial charge is 0.208 e. The molecule has 0 saturated carbocycles. The second-order valence-electron chi connectivity index (χ2n) is 13.0. The Morgan fingerprint density at radius 2 is 0.652 bits per heavy atom. The maximum Gasteiger partial charge on any atom is 0.164 e. The Balaban J connectivity index is 1.23. The van der Waals surface area contributed by atoms with Gasteiger partial charge in [0.05, 0.1) is 0 Å². The second-order valence-corrected chi connectivity index (χ2v) is 13.0. The minimum atomic E-state index is 0.135. The lowest BCUT2D eigenvalue weighted by molar-refractivity contribution is 0.590. The fraction of sp³-hybridized carbons (Fsp3) is 0.0930. The third-order valence-corrected chi connectivity index (χ3v) is 8.83. The van der Waals surface area contributed by atoms with Gasteiger partial charge in [0.2, 0.25) is 0 Å². The monoisotopic (exact) mass is 591 g/mol. The first kappa shape index (κ1) is 27.8. The van der Waals surface area contributed by atoms with E-state index in [1.54, 1.807) is 0 Å². The predicted molar refractivity (Wildman–Crippen MR) is 193 cm³/mol. The van der Waals surface area contributed by atoms with E-state index in [1.165, 1.54) is 32.8 Å². The van der Waals surface area contributed by atoms with Crippen molar-refractivity contribution >= 4 is 32.3 Å². The molecule has 0 amide bonds. The molecule has 220 valence electrons. The predicted octanol–water partition coefficient (Wildman–Crippen LogP) is 11.3. The zero-order valence-electron chi connectivity index (χ0n) is 26.2. The van der Waals surface area contributed by atoms with Crippen molar-refractivity contribution in [1.29, 1.82) is 0 Å². The lowest BCUT2D eigenvalue weighted by Gasteiger charge is -2.19. The molecule has 0 bridgehead atoms. The molecule has 0 aliphatic heterocycles. The fourth-order valence-electron chi connectivity index (χ4n) is 6.15. The number of benzene rings is 7. The molecule has 0 spiro atoms. The van der Waals surface area contributed by atoms with E-state index in [-0.39, 0.29) is 5.41 Å². The molecule has 0 saturated heterocycles. The van der Waals surface area contributed by atoms with E-state index in [4.69, 9.17) is 15.0 Å². The van der Waals surface area contributed by atoms with E-state index >= 15 is 0 Å². The number of hydrogen-bond acceptors (Lipinski definition) is 3. The smallest absolute Gasteiger partial charge is 0.164 e. The van der Waals surface area contributed by atoms with Crippen LogP contribution in [0.25, 0.3) is 77.6 Å². The van der Waals surface area contributed by atoms with Crippen molar-refractivity contribution in [2.45, 2.75) is 26.2 Å². The van der Waals surface area contributed by atoms with Crippen LogP contribution in [0.4, 0.5) is 0 Å². The zero-order chi connectivity index (χ0) is 31.3. The maximum atomic E-state index is 5.05. The average Bonchev–Trinajstić information content (AvgIpc) is 3.10. The molecule has 0 radical (unpaired) electrons. The molecule has 0 fully saturated rings. The summed E-state index contributed by atoms with van der Waals surface area (Å²) in [4.78, 5) is 15.1. The van der Waals surface area contributed by atoms with E-state index in [0.29, 0.717) is 17.5 Å². The topological polar surface area (TPSA) is 38.7 Å². The van der Waals surface area contributed by atoms with Gasteiger partial charge in [-0.05, 0) is 78.7 Å². The van der Waals surface area contributed by atoms with E-state index in [0.717, 1.165) is 32.8 Å². The van der Waals surface area contributed by atoms with Crippen LogP contribution < -0.4 is 0 Å². The van der Waals surface area contributed by atoms with Crippen LogP contribution in [0.2, 0.25) is 0 Å². The number of aromatic nitrogens is 3. The van der Waals surface area contributed by atoms with Gasteiger partial charge < -0.3 is 0 Å². The summed E-state index contributed by atoms with van der Waals surface area (Å²) in [6.45, 7) is 6.74. The SMILES string of the molecule is CC(C)(C)c1ccc(-c2ccc3cc(-c4nc(-c5ccc6ccccc6c5)nc(-c5ccc6ccccc6c5)n4)ccc3c2)cc1. The van der Waals surface area contributed by atoms with Crippen molar-refractivity contribution in [3.8, 4) is 45.3 Å². The molecule has 0 unspecified atom stereocenters. The highest BCUT2D eigenvalue weighted by Crippen LogP contribution is 2.32.